The third-order valence-corrected chi connectivity index (χ3v) is 7.77. The van der Waals surface area contributed by atoms with Crippen molar-refractivity contribution in [3.63, 3.8) is 0 Å². The second kappa shape index (κ2) is 9.83. The zero-order chi connectivity index (χ0) is 25.4. The molecule has 0 bridgehead atoms. The van der Waals surface area contributed by atoms with E-state index in [2.05, 4.69) is 18.8 Å². The van der Waals surface area contributed by atoms with Gasteiger partial charge in [0.1, 0.15) is 11.6 Å². The van der Waals surface area contributed by atoms with Crippen LogP contribution in [0.5, 0.6) is 5.75 Å². The molecular formula is C27H23FN2O4S2. The van der Waals surface area contributed by atoms with Crippen LogP contribution in [0.15, 0.2) is 71.3 Å². The summed E-state index contributed by atoms with van der Waals surface area (Å²) in [5, 5.41) is 13.0. The highest BCUT2D eigenvalue weighted by Gasteiger charge is 2.46. The minimum absolute atomic E-state index is 0.0211. The maximum atomic E-state index is 13.8. The Morgan fingerprint density at radius 2 is 2.03 bits per heavy atom. The van der Waals surface area contributed by atoms with E-state index < -0.39 is 29.3 Å². The number of aliphatic hydroxyl groups excluding tert-OH is 1. The lowest BCUT2D eigenvalue weighted by Crippen LogP contribution is -2.30. The van der Waals surface area contributed by atoms with E-state index in [9.17, 15) is 19.1 Å². The van der Waals surface area contributed by atoms with Crippen LogP contribution in [0.4, 0.5) is 9.52 Å². The monoisotopic (exact) mass is 522 g/mol. The molecule has 0 saturated heterocycles. The molecule has 1 amide bonds. The Labute approximate surface area is 215 Å². The van der Waals surface area contributed by atoms with Gasteiger partial charge in [-0.05, 0) is 59.7 Å². The summed E-state index contributed by atoms with van der Waals surface area (Å²) in [7, 11) is 0. The van der Waals surface area contributed by atoms with Crippen molar-refractivity contribution in [2.45, 2.75) is 26.3 Å². The van der Waals surface area contributed by atoms with Gasteiger partial charge in [-0.15, -0.1) is 11.3 Å². The fraction of sp³-hybridized carbons (Fsp3) is 0.222. The molecule has 0 radical (unpaired) electrons. The number of thiophene rings is 1. The Morgan fingerprint density at radius 3 is 2.78 bits per heavy atom. The van der Waals surface area contributed by atoms with Gasteiger partial charge in [0.15, 0.2) is 10.9 Å². The zero-order valence-corrected chi connectivity index (χ0v) is 21.2. The first-order chi connectivity index (χ1) is 17.3. The maximum Gasteiger partial charge on any atom is 0.296 e. The molecule has 36 heavy (non-hydrogen) atoms. The Hall–Kier alpha value is -3.56. The largest absolute Gasteiger partial charge is 0.503 e. The van der Waals surface area contributed by atoms with Crippen molar-refractivity contribution in [3.8, 4) is 5.75 Å². The van der Waals surface area contributed by atoms with E-state index in [-0.39, 0.29) is 10.7 Å². The van der Waals surface area contributed by atoms with Crippen LogP contribution in [0.25, 0.3) is 10.2 Å². The number of ketones is 1. The average molecular weight is 523 g/mol. The second-order valence-corrected chi connectivity index (χ2v) is 10.8. The molecule has 6 nitrogen and oxygen atoms in total. The van der Waals surface area contributed by atoms with Crippen molar-refractivity contribution < 1.29 is 23.8 Å². The molecule has 4 aromatic rings. The summed E-state index contributed by atoms with van der Waals surface area (Å²) in [4.78, 5) is 33.1. The molecule has 1 aliphatic rings. The number of halogens is 1. The van der Waals surface area contributed by atoms with E-state index in [1.165, 1.54) is 34.4 Å². The molecule has 9 heteroatoms. The first-order valence-electron chi connectivity index (χ1n) is 11.5. The predicted molar refractivity (Wildman–Crippen MR) is 140 cm³/mol. The van der Waals surface area contributed by atoms with Gasteiger partial charge in [-0.2, -0.15) is 0 Å². The molecular weight excluding hydrogens is 499 g/mol. The van der Waals surface area contributed by atoms with Crippen molar-refractivity contribution in [2.24, 2.45) is 5.92 Å². The Balaban J connectivity index is 1.60. The summed E-state index contributed by atoms with van der Waals surface area (Å²) in [6.45, 7) is 4.75. The molecule has 3 heterocycles. The van der Waals surface area contributed by atoms with Gasteiger partial charge in [-0.3, -0.25) is 14.5 Å². The number of hydrogen-bond donors (Lipinski definition) is 1. The van der Waals surface area contributed by atoms with Crippen molar-refractivity contribution in [1.29, 1.82) is 0 Å². The predicted octanol–water partition coefficient (Wildman–Crippen LogP) is 6.70. The number of rotatable bonds is 8. The number of anilines is 1. The molecule has 1 N–H and O–H groups in total. The van der Waals surface area contributed by atoms with Crippen LogP contribution in [-0.2, 0) is 4.79 Å². The number of thiazole rings is 1. The van der Waals surface area contributed by atoms with Gasteiger partial charge in [-0.25, -0.2) is 9.37 Å². The smallest absolute Gasteiger partial charge is 0.296 e. The molecule has 0 aliphatic carbocycles. The third kappa shape index (κ3) is 4.52. The number of fused-ring (bicyclic) bond motifs is 1. The molecule has 0 fully saturated rings. The molecule has 1 unspecified atom stereocenters. The highest BCUT2D eigenvalue weighted by Crippen LogP contribution is 2.45. The van der Waals surface area contributed by atoms with Crippen molar-refractivity contribution in [1.82, 2.24) is 4.98 Å². The zero-order valence-electron chi connectivity index (χ0n) is 19.6. The average Bonchev–Trinajstić information content (AvgIpc) is 3.57. The van der Waals surface area contributed by atoms with Gasteiger partial charge in [0.2, 0.25) is 5.78 Å². The number of carbonyl (C=O) groups is 2. The van der Waals surface area contributed by atoms with E-state index in [1.807, 2.05) is 6.07 Å². The number of carbonyl (C=O) groups excluding carboxylic acids is 2. The minimum atomic E-state index is -0.925. The number of aliphatic hydroxyl groups is 1. The summed E-state index contributed by atoms with van der Waals surface area (Å²) in [6.07, 6.45) is 0.878. The van der Waals surface area contributed by atoms with Crippen molar-refractivity contribution >= 4 is 49.7 Å². The van der Waals surface area contributed by atoms with Gasteiger partial charge in [-0.1, -0.05) is 43.4 Å². The number of benzene rings is 2. The molecule has 184 valence electrons. The number of aromatic nitrogens is 1. The molecule has 2 aromatic heterocycles. The molecule has 2 aromatic carbocycles. The highest BCUT2D eigenvalue weighted by molar-refractivity contribution is 7.22. The Morgan fingerprint density at radius 1 is 1.19 bits per heavy atom. The summed E-state index contributed by atoms with van der Waals surface area (Å²) >= 11 is 2.36. The lowest BCUT2D eigenvalue weighted by molar-refractivity contribution is -0.117. The summed E-state index contributed by atoms with van der Waals surface area (Å²) in [5.41, 5.74) is 1.10. The van der Waals surface area contributed by atoms with Gasteiger partial charge in [0.25, 0.3) is 5.91 Å². The van der Waals surface area contributed by atoms with E-state index >= 15 is 0 Å². The number of amides is 1. The minimum Gasteiger partial charge on any atom is -0.503 e. The lowest BCUT2D eigenvalue weighted by Gasteiger charge is -2.24. The number of ether oxygens (including phenoxy) is 1. The SMILES string of the molecule is CC(C)CCOc1cccc(C2C(C(=O)c3cccs3)=C(O)C(=O)N2c2nc3ccc(F)cc3s2)c1. The van der Waals surface area contributed by atoms with Gasteiger partial charge < -0.3 is 9.84 Å². The molecule has 1 aliphatic heterocycles. The number of hydrogen-bond acceptors (Lipinski definition) is 7. The molecule has 0 spiro atoms. The Bertz CT molecular complexity index is 1480. The quantitative estimate of drug-likeness (QED) is 0.260. The number of Topliss-reactive ketones (excluding diaryl/α,β-unsaturated/α-hetero) is 1. The summed E-state index contributed by atoms with van der Waals surface area (Å²) in [6, 6.07) is 13.8. The molecule has 0 saturated carbocycles. The van der Waals surface area contributed by atoms with Crippen LogP contribution in [0.3, 0.4) is 0 Å². The first kappa shape index (κ1) is 24.1. The van der Waals surface area contributed by atoms with Crippen molar-refractivity contribution in [2.75, 3.05) is 11.5 Å². The van der Waals surface area contributed by atoms with Crippen LogP contribution in [0, 0.1) is 11.7 Å². The van der Waals surface area contributed by atoms with Crippen LogP contribution >= 0.6 is 22.7 Å². The normalized spacial score (nSPS) is 15.9. The third-order valence-electron chi connectivity index (χ3n) is 5.88. The Kier molecular flexibility index (Phi) is 6.59. The standard InChI is InChI=1S/C27H23FN2O4S2/c1-15(2)10-11-34-18-6-3-5-16(13-18)23-22(24(31)20-7-4-12-35-20)25(32)26(33)30(23)27-29-19-9-8-17(28)14-21(19)36-27/h3-9,12-15,23,32H,10-11H2,1-2H3. The van der Waals surface area contributed by atoms with E-state index in [4.69, 9.17) is 4.74 Å². The van der Waals surface area contributed by atoms with Gasteiger partial charge in [0.05, 0.1) is 33.3 Å². The van der Waals surface area contributed by atoms with Crippen LogP contribution in [-0.4, -0.2) is 28.4 Å². The van der Waals surface area contributed by atoms with E-state index in [0.717, 1.165) is 17.8 Å². The fourth-order valence-electron chi connectivity index (χ4n) is 4.07. The number of nitrogens with zero attached hydrogens (tertiary/aromatic N) is 2. The maximum absolute atomic E-state index is 13.8. The van der Waals surface area contributed by atoms with E-state index in [1.54, 1.807) is 35.7 Å². The summed E-state index contributed by atoms with van der Waals surface area (Å²) < 4.78 is 20.3. The van der Waals surface area contributed by atoms with Crippen LogP contribution in [0.1, 0.15) is 41.5 Å². The van der Waals surface area contributed by atoms with Crippen molar-refractivity contribution in [3.05, 3.63) is 87.6 Å². The van der Waals surface area contributed by atoms with E-state index in [0.29, 0.717) is 38.9 Å². The second-order valence-electron chi connectivity index (χ2n) is 8.86. The lowest BCUT2D eigenvalue weighted by atomic mass is 9.95. The van der Waals surface area contributed by atoms with Crippen LogP contribution < -0.4 is 9.64 Å². The van der Waals surface area contributed by atoms with Crippen LogP contribution in [0.2, 0.25) is 0 Å². The topological polar surface area (TPSA) is 79.7 Å². The summed E-state index contributed by atoms with van der Waals surface area (Å²) in [5.74, 6) is -1.11. The fourth-order valence-corrected chi connectivity index (χ4v) is 5.76. The molecule has 5 rings (SSSR count). The molecule has 1 atom stereocenters. The highest BCUT2D eigenvalue weighted by atomic mass is 32.1. The van der Waals surface area contributed by atoms with Gasteiger partial charge >= 0.3 is 0 Å². The first-order valence-corrected chi connectivity index (χ1v) is 13.2. The van der Waals surface area contributed by atoms with Gasteiger partial charge in [0, 0.05) is 0 Å².